The highest BCUT2D eigenvalue weighted by molar-refractivity contribution is 7.80. The summed E-state index contributed by atoms with van der Waals surface area (Å²) in [6.07, 6.45) is 19.2. The number of methoxy groups -OCH3 is 1. The molecule has 1 aliphatic rings. The van der Waals surface area contributed by atoms with Gasteiger partial charge in [-0.3, -0.25) is 4.79 Å². The van der Waals surface area contributed by atoms with Gasteiger partial charge in [-0.1, -0.05) is 63.8 Å². The molecule has 2 unspecified atom stereocenters. The Morgan fingerprint density at radius 3 is 2.55 bits per heavy atom. The number of aliphatic hydroxyl groups is 1. The topological polar surface area (TPSA) is 55.8 Å². The fourth-order valence-electron chi connectivity index (χ4n) is 4.56. The van der Waals surface area contributed by atoms with Crippen LogP contribution in [0.1, 0.15) is 91.4 Å². The molecule has 178 valence electrons. The zero-order valence-corrected chi connectivity index (χ0v) is 20.9. The molecule has 1 N–H and O–H groups in total. The van der Waals surface area contributed by atoms with Gasteiger partial charge < -0.3 is 14.6 Å². The molecular formula is C26H44O4S. The number of aliphatic hydroxyl groups excluding tert-OH is 1. The second kappa shape index (κ2) is 16.4. The summed E-state index contributed by atoms with van der Waals surface area (Å²) in [6, 6.07) is 0. The maximum absolute atomic E-state index is 11.2. The van der Waals surface area contributed by atoms with E-state index in [-0.39, 0.29) is 18.0 Å². The van der Waals surface area contributed by atoms with Crippen molar-refractivity contribution in [2.45, 2.75) is 104 Å². The van der Waals surface area contributed by atoms with E-state index < -0.39 is 6.10 Å². The minimum Gasteiger partial charge on any atom is -0.484 e. The fourth-order valence-corrected chi connectivity index (χ4v) is 4.68. The molecule has 1 saturated carbocycles. The minimum absolute atomic E-state index is 0.00363. The lowest BCUT2D eigenvalue weighted by Crippen LogP contribution is -2.32. The number of carbonyl (C=O) groups excluding carboxylic acids is 1. The Hall–Kier alpha value is -1.20. The van der Waals surface area contributed by atoms with Crippen molar-refractivity contribution in [3.05, 3.63) is 24.3 Å². The number of ether oxygens (including phenoxy) is 2. The van der Waals surface area contributed by atoms with Gasteiger partial charge in [-0.15, -0.1) is 0 Å². The molecule has 5 atom stereocenters. The van der Waals surface area contributed by atoms with E-state index in [4.69, 9.17) is 17.0 Å². The van der Waals surface area contributed by atoms with E-state index >= 15 is 0 Å². The van der Waals surface area contributed by atoms with E-state index in [0.29, 0.717) is 23.3 Å². The van der Waals surface area contributed by atoms with Crippen molar-refractivity contribution in [3.63, 3.8) is 0 Å². The molecule has 0 aromatic carbocycles. The van der Waals surface area contributed by atoms with E-state index in [2.05, 4.69) is 30.7 Å². The first kappa shape index (κ1) is 27.8. The summed E-state index contributed by atoms with van der Waals surface area (Å²) in [5.41, 5.74) is 0. The number of thiocarbonyl (C=S) groups is 1. The highest BCUT2D eigenvalue weighted by Gasteiger charge is 2.40. The van der Waals surface area contributed by atoms with Gasteiger partial charge >= 0.3 is 5.97 Å². The summed E-state index contributed by atoms with van der Waals surface area (Å²) in [7, 11) is 1.41. The second-order valence-electron chi connectivity index (χ2n) is 8.78. The molecule has 0 amide bonds. The maximum Gasteiger partial charge on any atom is 0.305 e. The molecule has 1 rings (SSSR count). The Morgan fingerprint density at radius 2 is 1.90 bits per heavy atom. The number of allylic oxidation sites excluding steroid dienone is 3. The number of hydrogen-bond donors (Lipinski definition) is 1. The van der Waals surface area contributed by atoms with Crippen LogP contribution >= 0.6 is 12.2 Å². The third kappa shape index (κ3) is 11.3. The summed E-state index contributed by atoms with van der Waals surface area (Å²) < 4.78 is 10.6. The van der Waals surface area contributed by atoms with Crippen LogP contribution in [0.25, 0.3) is 0 Å². The van der Waals surface area contributed by atoms with Crippen molar-refractivity contribution >= 4 is 23.2 Å². The molecule has 5 heteroatoms. The smallest absolute Gasteiger partial charge is 0.305 e. The van der Waals surface area contributed by atoms with E-state index in [9.17, 15) is 9.90 Å². The van der Waals surface area contributed by atoms with Gasteiger partial charge in [0.05, 0.1) is 13.2 Å². The predicted octanol–water partition coefficient (Wildman–Crippen LogP) is 6.56. The first-order chi connectivity index (χ1) is 14.9. The Morgan fingerprint density at radius 1 is 1.13 bits per heavy atom. The van der Waals surface area contributed by atoms with E-state index in [1.807, 2.05) is 12.2 Å². The quantitative estimate of drug-likeness (QED) is 0.132. The molecule has 0 spiro atoms. The molecule has 0 bridgehead atoms. The predicted molar refractivity (Wildman–Crippen MR) is 132 cm³/mol. The maximum atomic E-state index is 11.2. The Kier molecular flexibility index (Phi) is 14.8. The number of unbranched alkanes of at least 4 members (excludes halogenated alkanes) is 3. The van der Waals surface area contributed by atoms with Crippen molar-refractivity contribution in [1.82, 2.24) is 0 Å². The van der Waals surface area contributed by atoms with Crippen LogP contribution in [0, 0.1) is 17.8 Å². The molecule has 0 aromatic heterocycles. The largest absolute Gasteiger partial charge is 0.484 e. The lowest BCUT2D eigenvalue weighted by Gasteiger charge is -2.27. The van der Waals surface area contributed by atoms with Gasteiger partial charge in [0.15, 0.2) is 5.05 Å². The summed E-state index contributed by atoms with van der Waals surface area (Å²) in [6.45, 7) is 6.30. The number of carbonyl (C=O) groups is 1. The van der Waals surface area contributed by atoms with Crippen molar-refractivity contribution in [2.24, 2.45) is 17.8 Å². The average molecular weight is 453 g/mol. The Labute approximate surface area is 195 Å². The van der Waals surface area contributed by atoms with Crippen LogP contribution in [-0.4, -0.2) is 35.4 Å². The van der Waals surface area contributed by atoms with Gasteiger partial charge in [0.1, 0.15) is 6.10 Å². The highest BCUT2D eigenvalue weighted by Crippen LogP contribution is 2.38. The molecule has 0 saturated heterocycles. The fraction of sp³-hybridized carbons (Fsp3) is 0.769. The van der Waals surface area contributed by atoms with Crippen molar-refractivity contribution in [1.29, 1.82) is 0 Å². The lowest BCUT2D eigenvalue weighted by atomic mass is 9.86. The normalized spacial score (nSPS) is 23.3. The van der Waals surface area contributed by atoms with Crippen LogP contribution in [0.4, 0.5) is 0 Å². The van der Waals surface area contributed by atoms with Gasteiger partial charge in [-0.05, 0) is 62.6 Å². The van der Waals surface area contributed by atoms with Crippen LogP contribution in [0.15, 0.2) is 24.3 Å². The molecule has 0 heterocycles. The Bertz CT molecular complexity index is 572. The number of esters is 1. The van der Waals surface area contributed by atoms with Gasteiger partial charge in [-0.2, -0.15) is 0 Å². The average Bonchev–Trinajstić information content (AvgIpc) is 3.13. The van der Waals surface area contributed by atoms with E-state index in [1.165, 1.54) is 45.6 Å². The molecule has 0 aliphatic heterocycles. The molecule has 1 aliphatic carbocycles. The van der Waals surface area contributed by atoms with Crippen LogP contribution < -0.4 is 0 Å². The van der Waals surface area contributed by atoms with Crippen LogP contribution in [0.3, 0.4) is 0 Å². The molecule has 1 fully saturated rings. The molecule has 4 nitrogen and oxygen atoms in total. The molecule has 0 radical (unpaired) electrons. The van der Waals surface area contributed by atoms with Gasteiger partial charge in [-0.25, -0.2) is 0 Å². The van der Waals surface area contributed by atoms with Gasteiger partial charge in [0.25, 0.3) is 0 Å². The van der Waals surface area contributed by atoms with Gasteiger partial charge in [0, 0.05) is 19.3 Å². The summed E-state index contributed by atoms with van der Waals surface area (Å²) in [5, 5.41) is 11.5. The van der Waals surface area contributed by atoms with Crippen LogP contribution in [0.5, 0.6) is 0 Å². The van der Waals surface area contributed by atoms with Gasteiger partial charge in [0.2, 0.25) is 0 Å². The first-order valence-corrected chi connectivity index (χ1v) is 12.6. The SMILES string of the molecule is CCCCCC(/C=C/C1CC[C@H](OC(C)=S)[C@@H]1[C@@H](O)/C=C\CCCC(=O)OC)CCC. The number of hydrogen-bond acceptors (Lipinski definition) is 5. The van der Waals surface area contributed by atoms with Crippen molar-refractivity contribution < 1.29 is 19.4 Å². The van der Waals surface area contributed by atoms with Crippen LogP contribution in [0.2, 0.25) is 0 Å². The van der Waals surface area contributed by atoms with Crippen LogP contribution in [-0.2, 0) is 14.3 Å². The van der Waals surface area contributed by atoms with E-state index in [1.54, 1.807) is 6.92 Å². The number of rotatable bonds is 15. The summed E-state index contributed by atoms with van der Waals surface area (Å²) >= 11 is 5.18. The second-order valence-corrected chi connectivity index (χ2v) is 9.36. The standard InChI is InChI=1S/C26H44O4S/c1-5-7-9-13-21(12-6-2)16-17-22-18-19-24(30-20(3)31)26(22)23(27)14-10-8-11-15-25(28)29-4/h10,14,16-17,21-24,26-27H,5-9,11-13,15,18-19H2,1-4H3/b14-10-,17-16+/t21?,22?,23-,24-,26-/m0/s1. The Balaban J connectivity index is 2.77. The van der Waals surface area contributed by atoms with Crippen molar-refractivity contribution in [2.75, 3.05) is 7.11 Å². The summed E-state index contributed by atoms with van der Waals surface area (Å²) in [4.78, 5) is 11.2. The summed E-state index contributed by atoms with van der Waals surface area (Å²) in [5.74, 6) is 0.722. The van der Waals surface area contributed by atoms with Crippen molar-refractivity contribution in [3.8, 4) is 0 Å². The zero-order valence-electron chi connectivity index (χ0n) is 20.1. The minimum atomic E-state index is -0.584. The molecule has 31 heavy (non-hydrogen) atoms. The third-order valence-corrected chi connectivity index (χ3v) is 6.30. The first-order valence-electron chi connectivity index (χ1n) is 12.2. The molecule has 0 aromatic rings. The van der Waals surface area contributed by atoms with E-state index in [0.717, 1.165) is 25.7 Å². The molecular weight excluding hydrogens is 408 g/mol. The lowest BCUT2D eigenvalue weighted by molar-refractivity contribution is -0.140. The zero-order chi connectivity index (χ0) is 23.1. The highest BCUT2D eigenvalue weighted by atomic mass is 32.1. The monoisotopic (exact) mass is 452 g/mol. The third-order valence-electron chi connectivity index (χ3n) is 6.20.